The van der Waals surface area contributed by atoms with E-state index in [0.717, 1.165) is 4.88 Å². The van der Waals surface area contributed by atoms with Crippen LogP contribution in [-0.2, 0) is 0 Å². The molecule has 0 fully saturated rings. The van der Waals surface area contributed by atoms with Gasteiger partial charge in [-0.1, -0.05) is 22.0 Å². The second kappa shape index (κ2) is 6.73. The number of thiophene rings is 1. The Kier molecular flexibility index (Phi) is 4.98. The van der Waals surface area contributed by atoms with Gasteiger partial charge in [-0.3, -0.25) is 0 Å². The molecule has 1 aromatic heterocycles. The van der Waals surface area contributed by atoms with E-state index in [2.05, 4.69) is 26.6 Å². The fraction of sp³-hybridized carbons (Fsp3) is 0.143. The van der Waals surface area contributed by atoms with Crippen molar-refractivity contribution < 1.29 is 14.7 Å². The van der Waals surface area contributed by atoms with Gasteiger partial charge >= 0.3 is 12.0 Å². The van der Waals surface area contributed by atoms with Gasteiger partial charge in [0.25, 0.3) is 0 Å². The fourth-order valence-electron chi connectivity index (χ4n) is 1.76. The predicted octanol–water partition coefficient (Wildman–Crippen LogP) is 4.09. The summed E-state index contributed by atoms with van der Waals surface area (Å²) in [6.45, 7) is 1.88. The van der Waals surface area contributed by atoms with Crippen molar-refractivity contribution in [2.75, 3.05) is 5.32 Å². The number of amides is 2. The topological polar surface area (TPSA) is 78.4 Å². The van der Waals surface area contributed by atoms with Crippen molar-refractivity contribution >= 4 is 45.0 Å². The molecular formula is C14H13BrN2O3S. The largest absolute Gasteiger partial charge is 0.478 e. The highest BCUT2D eigenvalue weighted by Crippen LogP contribution is 2.21. The molecule has 0 bridgehead atoms. The van der Waals surface area contributed by atoms with E-state index in [4.69, 9.17) is 5.11 Å². The van der Waals surface area contributed by atoms with Gasteiger partial charge in [-0.05, 0) is 36.6 Å². The summed E-state index contributed by atoms with van der Waals surface area (Å²) in [5.74, 6) is -1.05. The third-order valence-corrected chi connectivity index (χ3v) is 4.23. The Hall–Kier alpha value is -1.86. The summed E-state index contributed by atoms with van der Waals surface area (Å²) in [7, 11) is 0. The minimum absolute atomic E-state index is 0.103. The Bertz CT molecular complexity index is 658. The van der Waals surface area contributed by atoms with E-state index >= 15 is 0 Å². The monoisotopic (exact) mass is 368 g/mol. The molecule has 2 rings (SSSR count). The van der Waals surface area contributed by atoms with Crippen molar-refractivity contribution in [3.8, 4) is 0 Å². The molecule has 7 heteroatoms. The molecule has 0 saturated carbocycles. The summed E-state index contributed by atoms with van der Waals surface area (Å²) >= 11 is 4.78. The summed E-state index contributed by atoms with van der Waals surface area (Å²) in [5, 5.41) is 16.4. The Morgan fingerprint density at radius 1 is 1.33 bits per heavy atom. The summed E-state index contributed by atoms with van der Waals surface area (Å²) < 4.78 is 0.587. The van der Waals surface area contributed by atoms with Crippen LogP contribution in [0.5, 0.6) is 0 Å². The molecule has 1 unspecified atom stereocenters. The van der Waals surface area contributed by atoms with E-state index in [1.54, 1.807) is 17.4 Å². The van der Waals surface area contributed by atoms with Crippen molar-refractivity contribution in [1.29, 1.82) is 0 Å². The lowest BCUT2D eigenvalue weighted by Crippen LogP contribution is -2.30. The minimum Gasteiger partial charge on any atom is -0.478 e. The number of carbonyl (C=O) groups is 2. The molecule has 1 heterocycles. The molecule has 0 aliphatic rings. The molecule has 110 valence electrons. The number of anilines is 1. The summed E-state index contributed by atoms with van der Waals surface area (Å²) in [5.41, 5.74) is 0.517. The van der Waals surface area contributed by atoms with Gasteiger partial charge in [0.2, 0.25) is 0 Å². The molecule has 0 spiro atoms. The maximum Gasteiger partial charge on any atom is 0.335 e. The predicted molar refractivity (Wildman–Crippen MR) is 86.0 cm³/mol. The maximum absolute atomic E-state index is 11.9. The van der Waals surface area contributed by atoms with Gasteiger partial charge in [0.1, 0.15) is 0 Å². The molecule has 5 nitrogen and oxygen atoms in total. The number of aromatic carboxylic acids is 1. The number of carboxylic acid groups (broad SMARTS) is 1. The Labute approximate surface area is 134 Å². The number of halogens is 1. The first-order valence-corrected chi connectivity index (χ1v) is 7.78. The van der Waals surface area contributed by atoms with E-state index in [1.165, 1.54) is 12.1 Å². The van der Waals surface area contributed by atoms with Gasteiger partial charge in [-0.2, -0.15) is 0 Å². The number of rotatable bonds is 4. The highest BCUT2D eigenvalue weighted by atomic mass is 79.9. The fourth-order valence-corrected chi connectivity index (χ4v) is 2.99. The van der Waals surface area contributed by atoms with Gasteiger partial charge < -0.3 is 15.7 Å². The molecule has 2 aromatic rings. The van der Waals surface area contributed by atoms with Crippen molar-refractivity contribution in [3.05, 3.63) is 50.6 Å². The van der Waals surface area contributed by atoms with Crippen molar-refractivity contribution in [3.63, 3.8) is 0 Å². The lowest BCUT2D eigenvalue weighted by molar-refractivity contribution is 0.0697. The van der Waals surface area contributed by atoms with Crippen LogP contribution in [0.3, 0.4) is 0 Å². The second-order valence-electron chi connectivity index (χ2n) is 4.37. The maximum atomic E-state index is 11.9. The molecule has 0 aliphatic heterocycles. The van der Waals surface area contributed by atoms with Crippen LogP contribution in [0.15, 0.2) is 40.2 Å². The molecule has 2 amide bonds. The second-order valence-corrected chi connectivity index (χ2v) is 6.26. The Balaban J connectivity index is 2.04. The van der Waals surface area contributed by atoms with Crippen LogP contribution in [0, 0.1) is 0 Å². The standard InChI is InChI=1S/C14H13BrN2O3S/c1-8(12-3-2-4-21-12)16-14(20)17-11-6-9(13(18)19)5-10(15)7-11/h2-8H,1H3,(H,18,19)(H2,16,17,20). The number of carbonyl (C=O) groups excluding carboxylic acids is 1. The number of urea groups is 1. The number of carboxylic acids is 1. The van der Waals surface area contributed by atoms with Crippen LogP contribution in [0.1, 0.15) is 28.2 Å². The number of hydrogen-bond donors (Lipinski definition) is 3. The summed E-state index contributed by atoms with van der Waals surface area (Å²) in [6.07, 6.45) is 0. The van der Waals surface area contributed by atoms with Gasteiger partial charge in [0, 0.05) is 15.0 Å². The normalized spacial score (nSPS) is 11.7. The SMILES string of the molecule is CC(NC(=O)Nc1cc(Br)cc(C(=O)O)c1)c1cccs1. The van der Waals surface area contributed by atoms with E-state index in [-0.39, 0.29) is 17.6 Å². The van der Waals surface area contributed by atoms with Crippen LogP contribution in [-0.4, -0.2) is 17.1 Å². The van der Waals surface area contributed by atoms with E-state index in [1.807, 2.05) is 24.4 Å². The lowest BCUT2D eigenvalue weighted by Gasteiger charge is -2.13. The van der Waals surface area contributed by atoms with E-state index in [0.29, 0.717) is 10.2 Å². The zero-order chi connectivity index (χ0) is 15.4. The number of nitrogens with one attached hydrogen (secondary N) is 2. The molecule has 1 aromatic carbocycles. The molecule has 0 radical (unpaired) electrons. The van der Waals surface area contributed by atoms with Crippen molar-refractivity contribution in [1.82, 2.24) is 5.32 Å². The third kappa shape index (κ3) is 4.30. The molecule has 1 atom stereocenters. The average molecular weight is 369 g/mol. The van der Waals surface area contributed by atoms with Crippen LogP contribution >= 0.6 is 27.3 Å². The first kappa shape index (κ1) is 15.5. The van der Waals surface area contributed by atoms with Gasteiger partial charge in [-0.15, -0.1) is 11.3 Å². The van der Waals surface area contributed by atoms with Gasteiger partial charge in [0.15, 0.2) is 0 Å². The molecule has 21 heavy (non-hydrogen) atoms. The number of hydrogen-bond acceptors (Lipinski definition) is 3. The first-order valence-electron chi connectivity index (χ1n) is 6.10. The Morgan fingerprint density at radius 2 is 2.10 bits per heavy atom. The minimum atomic E-state index is -1.05. The van der Waals surface area contributed by atoms with E-state index in [9.17, 15) is 9.59 Å². The van der Waals surface area contributed by atoms with Crippen molar-refractivity contribution in [2.24, 2.45) is 0 Å². The molecule has 0 saturated heterocycles. The number of benzene rings is 1. The molecule has 0 aliphatic carbocycles. The van der Waals surface area contributed by atoms with Gasteiger partial charge in [0.05, 0.1) is 11.6 Å². The zero-order valence-corrected chi connectivity index (χ0v) is 13.5. The lowest BCUT2D eigenvalue weighted by atomic mass is 10.2. The summed E-state index contributed by atoms with van der Waals surface area (Å²) in [6, 6.07) is 7.88. The molecule has 3 N–H and O–H groups in total. The smallest absolute Gasteiger partial charge is 0.335 e. The van der Waals surface area contributed by atoms with Crippen LogP contribution in [0.2, 0.25) is 0 Å². The van der Waals surface area contributed by atoms with Crippen LogP contribution in [0.4, 0.5) is 10.5 Å². The summed E-state index contributed by atoms with van der Waals surface area (Å²) in [4.78, 5) is 24.0. The third-order valence-electron chi connectivity index (χ3n) is 2.72. The quantitative estimate of drug-likeness (QED) is 0.760. The van der Waals surface area contributed by atoms with Crippen molar-refractivity contribution in [2.45, 2.75) is 13.0 Å². The highest BCUT2D eigenvalue weighted by molar-refractivity contribution is 9.10. The zero-order valence-electron chi connectivity index (χ0n) is 11.1. The molecular weight excluding hydrogens is 356 g/mol. The highest BCUT2D eigenvalue weighted by Gasteiger charge is 2.12. The van der Waals surface area contributed by atoms with Gasteiger partial charge in [-0.25, -0.2) is 9.59 Å². The van der Waals surface area contributed by atoms with E-state index < -0.39 is 5.97 Å². The van der Waals surface area contributed by atoms with Crippen LogP contribution in [0.25, 0.3) is 0 Å². The van der Waals surface area contributed by atoms with Crippen LogP contribution < -0.4 is 10.6 Å². The Morgan fingerprint density at radius 3 is 2.71 bits per heavy atom. The average Bonchev–Trinajstić information content (AvgIpc) is 2.91. The first-order chi connectivity index (χ1) is 9.95.